The summed E-state index contributed by atoms with van der Waals surface area (Å²) in [7, 11) is 0. The Morgan fingerprint density at radius 1 is 1.50 bits per heavy atom. The molecule has 1 saturated carbocycles. The molecule has 0 spiro atoms. The molecule has 1 heterocycles. The van der Waals surface area contributed by atoms with Crippen molar-refractivity contribution in [3.8, 4) is 0 Å². The topological polar surface area (TPSA) is 69.6 Å². The molecule has 2 N–H and O–H groups in total. The number of nitrogens with one attached hydrogen (secondary N) is 1. The lowest BCUT2D eigenvalue weighted by molar-refractivity contribution is -0.135. The van der Waals surface area contributed by atoms with Gasteiger partial charge in [0, 0.05) is 15.8 Å². The molecule has 1 aromatic rings. The maximum absolute atomic E-state index is 11.9. The molecule has 98 valence electrons. The maximum atomic E-state index is 11.9. The van der Waals surface area contributed by atoms with Crippen LogP contribution in [0.1, 0.15) is 22.6 Å². The van der Waals surface area contributed by atoms with Crippen molar-refractivity contribution < 1.29 is 14.7 Å². The number of rotatable bonds is 5. The molecule has 1 aliphatic carbocycles. The van der Waals surface area contributed by atoms with E-state index in [4.69, 9.17) is 5.11 Å². The molecule has 0 aromatic carbocycles. The van der Waals surface area contributed by atoms with E-state index in [9.17, 15) is 9.59 Å². The van der Waals surface area contributed by atoms with Crippen LogP contribution in [0.5, 0.6) is 0 Å². The average Bonchev–Trinajstić information content (AvgIpc) is 3.07. The fourth-order valence-electron chi connectivity index (χ4n) is 1.74. The van der Waals surface area contributed by atoms with Gasteiger partial charge in [-0.25, -0.2) is 4.79 Å². The first-order valence-electron chi connectivity index (χ1n) is 5.88. The Kier molecular flexibility index (Phi) is 3.86. The third-order valence-corrected chi connectivity index (χ3v) is 3.75. The summed E-state index contributed by atoms with van der Waals surface area (Å²) in [4.78, 5) is 26.4. The number of hydrogen-bond donors (Lipinski definition) is 2. The minimum absolute atomic E-state index is 0.265. The van der Waals surface area contributed by atoms with Gasteiger partial charge in [-0.15, -0.1) is 11.3 Å². The van der Waals surface area contributed by atoms with Crippen LogP contribution in [0.25, 0.3) is 0 Å². The summed E-state index contributed by atoms with van der Waals surface area (Å²) in [6.07, 6.45) is 2.01. The summed E-state index contributed by atoms with van der Waals surface area (Å²) in [5.41, 5.74) is 0. The third kappa shape index (κ3) is 3.46. The predicted molar refractivity (Wildman–Crippen MR) is 68.7 cm³/mol. The number of thiophene rings is 1. The summed E-state index contributed by atoms with van der Waals surface area (Å²) < 4.78 is 0. The van der Waals surface area contributed by atoms with Gasteiger partial charge in [0.25, 0.3) is 0 Å². The second-order valence-electron chi connectivity index (χ2n) is 4.42. The van der Waals surface area contributed by atoms with Gasteiger partial charge in [0.15, 0.2) is 0 Å². The van der Waals surface area contributed by atoms with E-state index >= 15 is 0 Å². The molecule has 2 rings (SSSR count). The Labute approximate surface area is 109 Å². The van der Waals surface area contributed by atoms with Crippen molar-refractivity contribution in [3.05, 3.63) is 21.9 Å². The number of amides is 2. The molecule has 0 aliphatic heterocycles. The van der Waals surface area contributed by atoms with Crippen LogP contribution in [0.2, 0.25) is 0 Å². The Morgan fingerprint density at radius 2 is 2.22 bits per heavy atom. The van der Waals surface area contributed by atoms with Gasteiger partial charge >= 0.3 is 12.0 Å². The number of urea groups is 1. The summed E-state index contributed by atoms with van der Waals surface area (Å²) in [5.74, 6) is -1.02. The smallest absolute Gasteiger partial charge is 0.323 e. The fourth-order valence-corrected chi connectivity index (χ4v) is 2.63. The summed E-state index contributed by atoms with van der Waals surface area (Å²) >= 11 is 1.67. The van der Waals surface area contributed by atoms with Crippen molar-refractivity contribution in [2.24, 2.45) is 0 Å². The number of aliphatic carboxylic acids is 1. The molecule has 2 amide bonds. The van der Waals surface area contributed by atoms with Gasteiger partial charge in [-0.05, 0) is 31.9 Å². The standard InChI is InChI=1S/C12H16N2O3S/c1-8-2-5-10(18-8)7-14(9-3-4-9)12(17)13-6-11(15)16/h2,5,9H,3-4,6-7H2,1H3,(H,13,17)(H,15,16). The van der Waals surface area contributed by atoms with Crippen LogP contribution in [-0.4, -0.2) is 34.6 Å². The molecule has 1 aromatic heterocycles. The van der Waals surface area contributed by atoms with Crippen molar-refractivity contribution in [1.82, 2.24) is 10.2 Å². The van der Waals surface area contributed by atoms with E-state index in [1.54, 1.807) is 16.2 Å². The van der Waals surface area contributed by atoms with E-state index in [1.165, 1.54) is 4.88 Å². The lowest BCUT2D eigenvalue weighted by atomic mass is 10.4. The average molecular weight is 268 g/mol. The van der Waals surface area contributed by atoms with Gasteiger partial charge in [-0.1, -0.05) is 0 Å². The first kappa shape index (κ1) is 12.9. The van der Waals surface area contributed by atoms with Gasteiger partial charge in [-0.2, -0.15) is 0 Å². The van der Waals surface area contributed by atoms with Crippen LogP contribution in [-0.2, 0) is 11.3 Å². The lowest BCUT2D eigenvalue weighted by Crippen LogP contribution is -2.42. The van der Waals surface area contributed by atoms with Crippen molar-refractivity contribution >= 4 is 23.3 Å². The van der Waals surface area contributed by atoms with Crippen LogP contribution in [0, 0.1) is 6.92 Å². The normalized spacial score (nSPS) is 14.3. The summed E-state index contributed by atoms with van der Waals surface area (Å²) in [6, 6.07) is 4.02. The SMILES string of the molecule is Cc1ccc(CN(C(=O)NCC(=O)O)C2CC2)s1. The van der Waals surface area contributed by atoms with Crippen molar-refractivity contribution in [2.45, 2.75) is 32.4 Å². The second kappa shape index (κ2) is 5.39. The van der Waals surface area contributed by atoms with E-state index in [0.29, 0.717) is 6.54 Å². The lowest BCUT2D eigenvalue weighted by Gasteiger charge is -2.21. The van der Waals surface area contributed by atoms with Gasteiger partial charge < -0.3 is 15.3 Å². The van der Waals surface area contributed by atoms with Crippen LogP contribution >= 0.6 is 11.3 Å². The van der Waals surface area contributed by atoms with Gasteiger partial charge in [0.05, 0.1) is 6.54 Å². The Morgan fingerprint density at radius 3 is 2.72 bits per heavy atom. The molecule has 0 atom stereocenters. The molecule has 0 radical (unpaired) electrons. The van der Waals surface area contributed by atoms with E-state index in [2.05, 4.69) is 5.32 Å². The molecular weight excluding hydrogens is 252 g/mol. The maximum Gasteiger partial charge on any atom is 0.323 e. The van der Waals surface area contributed by atoms with Gasteiger partial charge in [0.2, 0.25) is 0 Å². The molecule has 0 saturated heterocycles. The monoisotopic (exact) mass is 268 g/mol. The number of carbonyl (C=O) groups is 2. The Bertz CT molecular complexity index is 454. The van der Waals surface area contributed by atoms with E-state index in [1.807, 2.05) is 19.1 Å². The molecule has 1 fully saturated rings. The molecule has 0 unspecified atom stereocenters. The number of nitrogens with zero attached hydrogens (tertiary/aromatic N) is 1. The molecular formula is C12H16N2O3S. The first-order chi connectivity index (χ1) is 8.56. The highest BCUT2D eigenvalue weighted by Gasteiger charge is 2.32. The van der Waals surface area contributed by atoms with E-state index in [-0.39, 0.29) is 18.6 Å². The zero-order valence-corrected chi connectivity index (χ0v) is 11.0. The van der Waals surface area contributed by atoms with Crippen molar-refractivity contribution in [3.63, 3.8) is 0 Å². The first-order valence-corrected chi connectivity index (χ1v) is 6.69. The highest BCUT2D eigenvalue weighted by atomic mass is 32.1. The molecule has 18 heavy (non-hydrogen) atoms. The van der Waals surface area contributed by atoms with Gasteiger partial charge in [0.1, 0.15) is 6.54 Å². The van der Waals surface area contributed by atoms with E-state index < -0.39 is 5.97 Å². The fraction of sp³-hybridized carbons (Fsp3) is 0.500. The molecule has 6 heteroatoms. The summed E-state index contributed by atoms with van der Waals surface area (Å²) in [6.45, 7) is 2.26. The highest BCUT2D eigenvalue weighted by Crippen LogP contribution is 2.29. The van der Waals surface area contributed by atoms with Crippen molar-refractivity contribution in [2.75, 3.05) is 6.54 Å². The predicted octanol–water partition coefficient (Wildman–Crippen LogP) is 1.82. The third-order valence-electron chi connectivity index (χ3n) is 2.76. The Hall–Kier alpha value is -1.56. The van der Waals surface area contributed by atoms with Crippen molar-refractivity contribution in [1.29, 1.82) is 0 Å². The zero-order chi connectivity index (χ0) is 13.1. The van der Waals surface area contributed by atoms with Crippen LogP contribution in [0.4, 0.5) is 4.79 Å². The zero-order valence-electron chi connectivity index (χ0n) is 10.2. The Balaban J connectivity index is 1.95. The molecule has 0 bridgehead atoms. The summed E-state index contributed by atoms with van der Waals surface area (Å²) in [5, 5.41) is 11.0. The van der Waals surface area contributed by atoms with Crippen LogP contribution < -0.4 is 5.32 Å². The van der Waals surface area contributed by atoms with E-state index in [0.717, 1.165) is 17.7 Å². The number of aryl methyl sites for hydroxylation is 1. The van der Waals surface area contributed by atoms with Crippen LogP contribution in [0.15, 0.2) is 12.1 Å². The minimum atomic E-state index is -1.02. The number of carboxylic acids is 1. The van der Waals surface area contributed by atoms with Gasteiger partial charge in [-0.3, -0.25) is 4.79 Å². The number of hydrogen-bond acceptors (Lipinski definition) is 3. The number of carbonyl (C=O) groups excluding carboxylic acids is 1. The van der Waals surface area contributed by atoms with Crippen LogP contribution in [0.3, 0.4) is 0 Å². The number of carboxylic acid groups (broad SMARTS) is 1. The highest BCUT2D eigenvalue weighted by molar-refractivity contribution is 7.11. The largest absolute Gasteiger partial charge is 0.480 e. The second-order valence-corrected chi connectivity index (χ2v) is 5.80. The minimum Gasteiger partial charge on any atom is -0.480 e. The molecule has 5 nitrogen and oxygen atoms in total. The quantitative estimate of drug-likeness (QED) is 0.855. The molecule has 1 aliphatic rings.